The zero-order chi connectivity index (χ0) is 21.5. The SMILES string of the molecule is CCOc1cc(/C=N\NC(=O)c2ccco2)cc(I)c1OCc1ccc(Cl)cc1Cl. The summed E-state index contributed by atoms with van der Waals surface area (Å²) in [5.74, 6) is 0.908. The number of nitrogens with zero attached hydrogens (tertiary/aromatic N) is 1. The lowest BCUT2D eigenvalue weighted by Crippen LogP contribution is -2.16. The van der Waals surface area contributed by atoms with Gasteiger partial charge in [0.2, 0.25) is 0 Å². The lowest BCUT2D eigenvalue weighted by atomic mass is 10.2. The van der Waals surface area contributed by atoms with Crippen LogP contribution in [0.2, 0.25) is 10.0 Å². The van der Waals surface area contributed by atoms with Crippen LogP contribution in [-0.4, -0.2) is 18.7 Å². The molecular weight excluding hydrogens is 542 g/mol. The minimum absolute atomic E-state index is 0.182. The van der Waals surface area contributed by atoms with Crippen molar-refractivity contribution in [2.75, 3.05) is 6.61 Å². The van der Waals surface area contributed by atoms with Crippen LogP contribution in [0.5, 0.6) is 11.5 Å². The van der Waals surface area contributed by atoms with Gasteiger partial charge in [-0.25, -0.2) is 5.43 Å². The summed E-state index contributed by atoms with van der Waals surface area (Å²) < 4.78 is 17.6. The number of hydrazone groups is 1. The molecule has 1 N–H and O–H groups in total. The Labute approximate surface area is 197 Å². The van der Waals surface area contributed by atoms with E-state index in [-0.39, 0.29) is 12.4 Å². The van der Waals surface area contributed by atoms with Crippen LogP contribution in [0, 0.1) is 3.57 Å². The van der Waals surface area contributed by atoms with Crippen LogP contribution in [0.4, 0.5) is 0 Å². The van der Waals surface area contributed by atoms with Crippen LogP contribution in [0.3, 0.4) is 0 Å². The first-order valence-corrected chi connectivity index (χ1v) is 10.7. The van der Waals surface area contributed by atoms with Crippen molar-refractivity contribution in [3.05, 3.63) is 79.2 Å². The van der Waals surface area contributed by atoms with Gasteiger partial charge in [-0.3, -0.25) is 4.79 Å². The first-order valence-electron chi connectivity index (χ1n) is 8.88. The highest BCUT2D eigenvalue weighted by Gasteiger charge is 2.13. The Morgan fingerprint density at radius 1 is 1.23 bits per heavy atom. The molecule has 0 bridgehead atoms. The molecule has 0 unspecified atom stereocenters. The molecule has 30 heavy (non-hydrogen) atoms. The van der Waals surface area contributed by atoms with E-state index >= 15 is 0 Å². The normalized spacial score (nSPS) is 10.9. The van der Waals surface area contributed by atoms with E-state index in [1.54, 1.807) is 30.3 Å². The van der Waals surface area contributed by atoms with Gasteiger partial charge in [-0.2, -0.15) is 5.10 Å². The van der Waals surface area contributed by atoms with Gasteiger partial charge in [-0.15, -0.1) is 0 Å². The number of benzene rings is 2. The molecule has 1 aromatic heterocycles. The fourth-order valence-electron chi connectivity index (χ4n) is 2.48. The standard InChI is InChI=1S/C21H17Cl2IN2O4/c1-2-28-19-9-13(11-25-26-21(27)18-4-3-7-29-18)8-17(24)20(19)30-12-14-5-6-15(22)10-16(14)23/h3-11H,2,12H2,1H3,(H,26,27)/b25-11-. The first-order chi connectivity index (χ1) is 14.5. The molecule has 0 saturated heterocycles. The van der Waals surface area contributed by atoms with Gasteiger partial charge >= 0.3 is 5.91 Å². The summed E-state index contributed by atoms with van der Waals surface area (Å²) in [4.78, 5) is 11.9. The minimum Gasteiger partial charge on any atom is -0.490 e. The highest BCUT2D eigenvalue weighted by Crippen LogP contribution is 2.35. The number of nitrogens with one attached hydrogen (secondary N) is 1. The van der Waals surface area contributed by atoms with Crippen LogP contribution in [-0.2, 0) is 6.61 Å². The molecule has 0 aliphatic carbocycles. The maximum absolute atomic E-state index is 11.9. The lowest BCUT2D eigenvalue weighted by molar-refractivity contribution is 0.0927. The number of carbonyl (C=O) groups is 1. The second-order valence-corrected chi connectivity index (χ2v) is 7.97. The molecule has 9 heteroatoms. The largest absolute Gasteiger partial charge is 0.490 e. The number of hydrogen-bond donors (Lipinski definition) is 1. The van der Waals surface area contributed by atoms with Crippen molar-refractivity contribution in [1.29, 1.82) is 0 Å². The van der Waals surface area contributed by atoms with Gasteiger partial charge in [0.15, 0.2) is 17.3 Å². The Morgan fingerprint density at radius 2 is 2.07 bits per heavy atom. The smallest absolute Gasteiger partial charge is 0.307 e. The number of amides is 1. The number of carbonyl (C=O) groups excluding carboxylic acids is 1. The summed E-state index contributed by atoms with van der Waals surface area (Å²) in [5.41, 5.74) is 3.96. The predicted molar refractivity (Wildman–Crippen MR) is 125 cm³/mol. The van der Waals surface area contributed by atoms with E-state index in [1.807, 2.05) is 19.1 Å². The third-order valence-corrected chi connectivity index (χ3v) is 5.23. The molecule has 0 aliphatic heterocycles. The fraction of sp³-hybridized carbons (Fsp3) is 0.143. The molecule has 1 heterocycles. The van der Waals surface area contributed by atoms with Crippen molar-refractivity contribution in [2.45, 2.75) is 13.5 Å². The fourth-order valence-corrected chi connectivity index (χ4v) is 3.73. The Hall–Kier alpha value is -2.23. The van der Waals surface area contributed by atoms with Gasteiger partial charge in [-0.05, 0) is 71.5 Å². The first kappa shape index (κ1) is 22.5. The van der Waals surface area contributed by atoms with Gasteiger partial charge in [0.05, 0.1) is 22.7 Å². The molecule has 1 amide bonds. The topological polar surface area (TPSA) is 73.1 Å². The van der Waals surface area contributed by atoms with Crippen LogP contribution in [0.25, 0.3) is 0 Å². The third kappa shape index (κ3) is 5.90. The Balaban J connectivity index is 1.74. The second kappa shape index (κ2) is 10.7. The second-order valence-electron chi connectivity index (χ2n) is 5.96. The van der Waals surface area contributed by atoms with Crippen LogP contribution < -0.4 is 14.9 Å². The van der Waals surface area contributed by atoms with Gasteiger partial charge in [0, 0.05) is 15.6 Å². The zero-order valence-electron chi connectivity index (χ0n) is 15.8. The van der Waals surface area contributed by atoms with Gasteiger partial charge in [0.25, 0.3) is 0 Å². The molecule has 0 fully saturated rings. The molecule has 0 spiro atoms. The maximum atomic E-state index is 11.9. The van der Waals surface area contributed by atoms with E-state index in [9.17, 15) is 4.79 Å². The van der Waals surface area contributed by atoms with Gasteiger partial charge < -0.3 is 13.9 Å². The van der Waals surface area contributed by atoms with Crippen LogP contribution in [0.1, 0.15) is 28.6 Å². The molecule has 0 radical (unpaired) electrons. The van der Waals surface area contributed by atoms with Crippen molar-refractivity contribution in [1.82, 2.24) is 5.43 Å². The van der Waals surface area contributed by atoms with Gasteiger partial charge in [-0.1, -0.05) is 29.3 Å². The summed E-state index contributed by atoms with van der Waals surface area (Å²) >= 11 is 14.3. The van der Waals surface area contributed by atoms with Gasteiger partial charge in [0.1, 0.15) is 6.61 Å². The van der Waals surface area contributed by atoms with Crippen LogP contribution in [0.15, 0.2) is 58.2 Å². The molecule has 3 rings (SSSR count). The van der Waals surface area contributed by atoms with Crippen molar-refractivity contribution in [3.63, 3.8) is 0 Å². The van der Waals surface area contributed by atoms with E-state index in [4.69, 9.17) is 37.1 Å². The molecule has 0 aliphatic rings. The molecule has 0 atom stereocenters. The minimum atomic E-state index is -0.434. The van der Waals surface area contributed by atoms with E-state index < -0.39 is 5.91 Å². The van der Waals surface area contributed by atoms with E-state index in [2.05, 4.69) is 33.1 Å². The summed E-state index contributed by atoms with van der Waals surface area (Å²) in [6.07, 6.45) is 2.94. The monoisotopic (exact) mass is 558 g/mol. The van der Waals surface area contributed by atoms with E-state index in [0.717, 1.165) is 14.7 Å². The quantitative estimate of drug-likeness (QED) is 0.211. The highest BCUT2D eigenvalue weighted by atomic mass is 127. The van der Waals surface area contributed by atoms with Crippen molar-refractivity contribution >= 4 is 57.9 Å². The average molecular weight is 559 g/mol. The molecule has 2 aromatic carbocycles. The van der Waals surface area contributed by atoms with E-state index in [1.165, 1.54) is 12.5 Å². The number of furan rings is 1. The molecular formula is C21H17Cl2IN2O4. The molecule has 6 nitrogen and oxygen atoms in total. The van der Waals surface area contributed by atoms with Crippen molar-refractivity contribution < 1.29 is 18.7 Å². The summed E-state index contributed by atoms with van der Waals surface area (Å²) in [7, 11) is 0. The summed E-state index contributed by atoms with van der Waals surface area (Å²) in [6, 6.07) is 12.1. The lowest BCUT2D eigenvalue weighted by Gasteiger charge is -2.15. The van der Waals surface area contributed by atoms with Crippen molar-refractivity contribution in [2.24, 2.45) is 5.10 Å². The molecule has 0 saturated carbocycles. The summed E-state index contributed by atoms with van der Waals surface area (Å²) in [5, 5.41) is 5.07. The number of hydrogen-bond acceptors (Lipinski definition) is 5. The Bertz CT molecular complexity index is 1060. The zero-order valence-corrected chi connectivity index (χ0v) is 19.5. The predicted octanol–water partition coefficient (Wildman–Crippen LogP) is 5.93. The Morgan fingerprint density at radius 3 is 2.77 bits per heavy atom. The van der Waals surface area contributed by atoms with Crippen molar-refractivity contribution in [3.8, 4) is 11.5 Å². The van der Waals surface area contributed by atoms with Crippen LogP contribution >= 0.6 is 45.8 Å². The highest BCUT2D eigenvalue weighted by molar-refractivity contribution is 14.1. The molecule has 3 aromatic rings. The number of halogens is 3. The van der Waals surface area contributed by atoms with E-state index in [0.29, 0.717) is 28.2 Å². The maximum Gasteiger partial charge on any atom is 0.307 e. The third-order valence-electron chi connectivity index (χ3n) is 3.84. The average Bonchev–Trinajstić information content (AvgIpc) is 3.24. The number of ether oxygens (including phenoxy) is 2. The molecule has 156 valence electrons. The number of rotatable bonds is 8. The Kier molecular flexibility index (Phi) is 8.01. The summed E-state index contributed by atoms with van der Waals surface area (Å²) in [6.45, 7) is 2.61.